The molecule has 1 aliphatic rings. The minimum Gasteiger partial charge on any atom is -0.291 e. The average Bonchev–Trinajstić information content (AvgIpc) is 2.94. The molecule has 1 aliphatic heterocycles. The van der Waals surface area contributed by atoms with Crippen LogP contribution in [0.4, 0.5) is 0 Å². The first kappa shape index (κ1) is 13.9. The quantitative estimate of drug-likeness (QED) is 0.841. The Morgan fingerprint density at radius 1 is 1.19 bits per heavy atom. The Bertz CT molecular complexity index is 936. The summed E-state index contributed by atoms with van der Waals surface area (Å²) in [6.07, 6.45) is 0.663. The number of benzene rings is 1. The largest absolute Gasteiger partial charge is 0.291 e. The minimum atomic E-state index is -2.89. The van der Waals surface area contributed by atoms with Gasteiger partial charge in [-0.15, -0.1) is 0 Å². The lowest BCUT2D eigenvalue weighted by atomic mass is 9.99. The van der Waals surface area contributed by atoms with Crippen molar-refractivity contribution in [2.45, 2.75) is 12.3 Å². The molecule has 1 saturated heterocycles. The van der Waals surface area contributed by atoms with Crippen LogP contribution in [0.25, 0.3) is 18.8 Å². The van der Waals surface area contributed by atoms with Gasteiger partial charge >= 0.3 is 0 Å². The van der Waals surface area contributed by atoms with Crippen molar-refractivity contribution in [1.29, 1.82) is 0 Å². The Hall–Kier alpha value is -2.08. The highest BCUT2D eigenvalue weighted by Gasteiger charge is 2.28. The van der Waals surface area contributed by atoms with Gasteiger partial charge in [0.25, 0.3) is 5.56 Å². The summed E-state index contributed by atoms with van der Waals surface area (Å²) in [5, 5.41) is 3.71. The van der Waals surface area contributed by atoms with E-state index in [0.29, 0.717) is 22.7 Å². The number of nitrogens with one attached hydrogen (secondary N) is 1. The molecule has 110 valence electrons. The van der Waals surface area contributed by atoms with Gasteiger partial charge in [0.15, 0.2) is 9.84 Å². The topological polar surface area (TPSA) is 71.9 Å². The molecule has 0 aliphatic carbocycles. The van der Waals surface area contributed by atoms with Crippen molar-refractivity contribution in [3.63, 3.8) is 0 Å². The summed E-state index contributed by atoms with van der Waals surface area (Å²) in [6.45, 7) is 7.39. The van der Waals surface area contributed by atoms with Crippen molar-refractivity contribution < 1.29 is 8.42 Å². The van der Waals surface area contributed by atoms with Crippen LogP contribution in [-0.4, -0.2) is 29.7 Å². The van der Waals surface area contributed by atoms with E-state index in [2.05, 4.69) is 18.3 Å². The molecule has 1 fully saturated rings. The summed E-state index contributed by atoms with van der Waals surface area (Å²) in [4.78, 5) is 12.0. The Labute approximate surface area is 122 Å². The van der Waals surface area contributed by atoms with Gasteiger partial charge in [0.2, 0.25) is 0 Å². The van der Waals surface area contributed by atoms with Gasteiger partial charge in [-0.2, -0.15) is 0 Å². The molecule has 2 heterocycles. The summed E-state index contributed by atoms with van der Waals surface area (Å²) in [5.41, 5.74) is 1.45. The van der Waals surface area contributed by atoms with Gasteiger partial charge < -0.3 is 0 Å². The molecular formula is C15H16N2O3S. The summed E-state index contributed by atoms with van der Waals surface area (Å²) < 4.78 is 24.4. The second kappa shape index (κ2) is 4.73. The number of rotatable bonds is 2. The zero-order valence-electron chi connectivity index (χ0n) is 11.5. The predicted octanol–water partition coefficient (Wildman–Crippen LogP) is -0.112. The lowest BCUT2D eigenvalue weighted by Crippen LogP contribution is -2.32. The second-order valence-corrected chi connectivity index (χ2v) is 7.63. The maximum Gasteiger partial charge on any atom is 0.278 e. The van der Waals surface area contributed by atoms with Crippen LogP contribution in [-0.2, 0) is 9.84 Å². The van der Waals surface area contributed by atoms with E-state index < -0.39 is 9.84 Å². The lowest BCUT2D eigenvalue weighted by molar-refractivity contribution is 0.601. The number of hydrogen-bond acceptors (Lipinski definition) is 3. The SMILES string of the molecule is C=c1[nH]n(-c2ccc(C3CCS(=O)(=O)C3)cc2)c(=O)c1=C. The van der Waals surface area contributed by atoms with E-state index in [1.54, 1.807) is 12.1 Å². The molecule has 3 rings (SSSR count). The molecule has 6 heteroatoms. The number of hydrogen-bond donors (Lipinski definition) is 1. The summed E-state index contributed by atoms with van der Waals surface area (Å²) in [5.74, 6) is 0.516. The van der Waals surface area contributed by atoms with Gasteiger partial charge in [-0.05, 0) is 30.0 Å². The molecule has 21 heavy (non-hydrogen) atoms. The van der Waals surface area contributed by atoms with Crippen LogP contribution in [0.15, 0.2) is 29.1 Å². The number of sulfone groups is 1. The molecule has 0 amide bonds. The van der Waals surface area contributed by atoms with E-state index in [1.807, 2.05) is 12.1 Å². The van der Waals surface area contributed by atoms with Crippen LogP contribution in [0.5, 0.6) is 0 Å². The molecule has 1 aromatic heterocycles. The normalized spacial score (nSPS) is 20.7. The molecule has 1 atom stereocenters. The van der Waals surface area contributed by atoms with E-state index in [9.17, 15) is 13.2 Å². The first-order valence-corrected chi connectivity index (χ1v) is 8.49. The van der Waals surface area contributed by atoms with Crippen LogP contribution >= 0.6 is 0 Å². The second-order valence-electron chi connectivity index (χ2n) is 5.40. The Kier molecular flexibility index (Phi) is 3.13. The highest BCUT2D eigenvalue weighted by Crippen LogP contribution is 2.29. The monoisotopic (exact) mass is 304 g/mol. The van der Waals surface area contributed by atoms with Crippen LogP contribution in [0.3, 0.4) is 0 Å². The first-order valence-electron chi connectivity index (χ1n) is 6.67. The van der Waals surface area contributed by atoms with Crippen molar-refractivity contribution in [2.75, 3.05) is 11.5 Å². The lowest BCUT2D eigenvalue weighted by Gasteiger charge is -2.09. The number of aromatic nitrogens is 2. The van der Waals surface area contributed by atoms with Crippen LogP contribution in [0.2, 0.25) is 0 Å². The van der Waals surface area contributed by atoms with Crippen molar-refractivity contribution in [2.24, 2.45) is 0 Å². The fourth-order valence-corrected chi connectivity index (χ4v) is 4.43. The van der Waals surface area contributed by atoms with Crippen LogP contribution in [0.1, 0.15) is 17.9 Å². The maximum absolute atomic E-state index is 12.0. The van der Waals surface area contributed by atoms with Gasteiger partial charge in [0, 0.05) is 0 Å². The minimum absolute atomic E-state index is 0.0521. The van der Waals surface area contributed by atoms with Gasteiger partial charge in [0.1, 0.15) is 0 Å². The number of aromatic amines is 1. The Balaban J connectivity index is 1.95. The van der Waals surface area contributed by atoms with Gasteiger partial charge in [-0.25, -0.2) is 13.1 Å². The predicted molar refractivity (Wildman–Crippen MR) is 82.7 cm³/mol. The molecule has 0 bridgehead atoms. The first-order chi connectivity index (χ1) is 9.87. The zero-order valence-corrected chi connectivity index (χ0v) is 12.3. The average molecular weight is 304 g/mol. The maximum atomic E-state index is 12.0. The Morgan fingerprint density at radius 2 is 1.86 bits per heavy atom. The fraction of sp³-hybridized carbons (Fsp3) is 0.267. The molecule has 0 radical (unpaired) electrons. The summed E-state index contributed by atoms with van der Waals surface area (Å²) in [6, 6.07) is 7.35. The third-order valence-electron chi connectivity index (χ3n) is 3.93. The van der Waals surface area contributed by atoms with E-state index >= 15 is 0 Å². The highest BCUT2D eigenvalue weighted by molar-refractivity contribution is 7.91. The Morgan fingerprint density at radius 3 is 2.33 bits per heavy atom. The zero-order chi connectivity index (χ0) is 15.2. The van der Waals surface area contributed by atoms with Crippen LogP contribution in [0, 0.1) is 0 Å². The van der Waals surface area contributed by atoms with Gasteiger partial charge in [-0.3, -0.25) is 9.89 Å². The smallest absolute Gasteiger partial charge is 0.278 e. The fourth-order valence-electron chi connectivity index (χ4n) is 2.65. The molecular weight excluding hydrogens is 288 g/mol. The molecule has 2 aromatic rings. The summed E-state index contributed by atoms with van der Waals surface area (Å²) in [7, 11) is -2.89. The van der Waals surface area contributed by atoms with Crippen molar-refractivity contribution >= 4 is 23.0 Å². The number of H-pyrrole nitrogens is 1. The standard InChI is InChI=1S/C15H16N2O3S/c1-10-11(2)16-17(15(10)18)14-5-3-12(4-6-14)13-7-8-21(19,20)9-13/h3-6,13,16H,1-2,7-9H2. The molecule has 1 unspecified atom stereocenters. The number of nitrogens with zero attached hydrogens (tertiary/aromatic N) is 1. The molecule has 0 saturated carbocycles. The molecule has 5 nitrogen and oxygen atoms in total. The van der Waals surface area contributed by atoms with Gasteiger partial charge in [-0.1, -0.05) is 25.3 Å². The van der Waals surface area contributed by atoms with E-state index in [1.165, 1.54) is 4.68 Å². The third kappa shape index (κ3) is 2.47. The third-order valence-corrected chi connectivity index (χ3v) is 5.70. The van der Waals surface area contributed by atoms with Crippen molar-refractivity contribution in [3.8, 4) is 5.69 Å². The van der Waals surface area contributed by atoms with Crippen molar-refractivity contribution in [3.05, 3.63) is 50.8 Å². The summed E-state index contributed by atoms with van der Waals surface area (Å²) >= 11 is 0. The highest BCUT2D eigenvalue weighted by atomic mass is 32.2. The molecule has 1 N–H and O–H groups in total. The van der Waals surface area contributed by atoms with Crippen LogP contribution < -0.4 is 16.1 Å². The van der Waals surface area contributed by atoms with Gasteiger partial charge in [0.05, 0.1) is 27.8 Å². The van der Waals surface area contributed by atoms with E-state index in [4.69, 9.17) is 0 Å². The molecule has 1 aromatic carbocycles. The van der Waals surface area contributed by atoms with E-state index in [0.717, 1.165) is 5.56 Å². The van der Waals surface area contributed by atoms with E-state index in [-0.39, 0.29) is 23.0 Å². The molecule has 0 spiro atoms. The van der Waals surface area contributed by atoms with Crippen molar-refractivity contribution in [1.82, 2.24) is 9.78 Å².